The molecule has 0 atom stereocenters. The smallest absolute Gasteiger partial charge is 0.256 e. The number of nitrogens with zero attached hydrogens (tertiary/aromatic N) is 1. The molecule has 17 heavy (non-hydrogen) atoms. The Morgan fingerprint density at radius 3 is 2.82 bits per heavy atom. The Morgan fingerprint density at radius 2 is 2.29 bits per heavy atom. The molecule has 1 N–H and O–H groups in total. The van der Waals surface area contributed by atoms with E-state index in [-0.39, 0.29) is 12.5 Å². The number of carbonyl (C=O) groups excluding carboxylic acids is 1. The Morgan fingerprint density at radius 1 is 1.53 bits per heavy atom. The second-order valence-corrected chi connectivity index (χ2v) is 4.26. The van der Waals surface area contributed by atoms with Gasteiger partial charge in [-0.25, -0.2) is 4.98 Å². The summed E-state index contributed by atoms with van der Waals surface area (Å²) in [7, 11) is 0. The third kappa shape index (κ3) is 2.58. The topological polar surface area (TPSA) is 68.3 Å². The number of amides is 1. The van der Waals surface area contributed by atoms with Gasteiger partial charge in [0.15, 0.2) is 4.67 Å². The summed E-state index contributed by atoms with van der Waals surface area (Å²) in [5.41, 5.74) is 1.28. The molecule has 0 fully saturated rings. The first kappa shape index (κ1) is 11.9. The minimum Gasteiger partial charge on any atom is -0.457 e. The van der Waals surface area contributed by atoms with Crippen molar-refractivity contribution in [3.8, 4) is 0 Å². The molecule has 0 bridgehead atoms. The summed E-state index contributed by atoms with van der Waals surface area (Å²) in [4.78, 5) is 15.9. The fourth-order valence-electron chi connectivity index (χ4n) is 1.32. The van der Waals surface area contributed by atoms with Gasteiger partial charge in [-0.15, -0.1) is 0 Å². The van der Waals surface area contributed by atoms with Crippen LogP contribution in [0.1, 0.15) is 27.7 Å². The van der Waals surface area contributed by atoms with Crippen LogP contribution in [0.4, 0.5) is 0 Å². The van der Waals surface area contributed by atoms with E-state index >= 15 is 0 Å². The van der Waals surface area contributed by atoms with Crippen LogP contribution in [-0.4, -0.2) is 10.9 Å². The second kappa shape index (κ2) is 4.75. The van der Waals surface area contributed by atoms with Crippen LogP contribution in [-0.2, 0) is 6.54 Å². The molecule has 90 valence electrons. The van der Waals surface area contributed by atoms with Gasteiger partial charge in [0.2, 0.25) is 5.89 Å². The molecule has 0 aliphatic carbocycles. The molecule has 2 heterocycles. The number of nitrogens with one attached hydrogen (secondary N) is 1. The van der Waals surface area contributed by atoms with Gasteiger partial charge in [0.1, 0.15) is 5.76 Å². The van der Waals surface area contributed by atoms with Crippen molar-refractivity contribution in [2.45, 2.75) is 20.4 Å². The maximum atomic E-state index is 11.7. The average molecular weight is 299 g/mol. The molecule has 0 radical (unpaired) electrons. The zero-order valence-corrected chi connectivity index (χ0v) is 11.0. The SMILES string of the molecule is Cc1nc(CNC(=O)c2ccoc2Br)oc1C. The molecule has 0 aliphatic rings. The number of hydrogen-bond donors (Lipinski definition) is 1. The van der Waals surface area contributed by atoms with Crippen molar-refractivity contribution in [2.75, 3.05) is 0 Å². The first-order chi connectivity index (χ1) is 8.08. The molecule has 2 aromatic rings. The Balaban J connectivity index is 1.99. The van der Waals surface area contributed by atoms with E-state index in [1.165, 1.54) is 6.26 Å². The number of halogens is 1. The highest BCUT2D eigenvalue weighted by molar-refractivity contribution is 9.10. The highest BCUT2D eigenvalue weighted by atomic mass is 79.9. The number of furan rings is 1. The molecule has 0 spiro atoms. The van der Waals surface area contributed by atoms with Crippen LogP contribution in [0.3, 0.4) is 0 Å². The molecule has 0 aliphatic heterocycles. The Bertz CT molecular complexity index is 525. The first-order valence-corrected chi connectivity index (χ1v) is 5.81. The maximum Gasteiger partial charge on any atom is 0.256 e. The van der Waals surface area contributed by atoms with Gasteiger partial charge in [0.05, 0.1) is 24.1 Å². The molecule has 0 saturated carbocycles. The predicted octanol–water partition coefficient (Wildman–Crippen LogP) is 2.58. The zero-order chi connectivity index (χ0) is 12.4. The number of carbonyl (C=O) groups is 1. The van der Waals surface area contributed by atoms with E-state index in [0.717, 1.165) is 11.5 Å². The lowest BCUT2D eigenvalue weighted by Gasteiger charge is -2.00. The Labute approximate surface area is 106 Å². The van der Waals surface area contributed by atoms with Gasteiger partial charge in [-0.05, 0) is 35.8 Å². The fraction of sp³-hybridized carbons (Fsp3) is 0.273. The molecule has 0 unspecified atom stereocenters. The van der Waals surface area contributed by atoms with Crippen LogP contribution >= 0.6 is 15.9 Å². The molecule has 0 aromatic carbocycles. The van der Waals surface area contributed by atoms with E-state index in [4.69, 9.17) is 8.83 Å². The Kier molecular flexibility index (Phi) is 3.33. The van der Waals surface area contributed by atoms with Crippen molar-refractivity contribution in [1.82, 2.24) is 10.3 Å². The zero-order valence-electron chi connectivity index (χ0n) is 9.41. The highest BCUT2D eigenvalue weighted by Crippen LogP contribution is 2.17. The van der Waals surface area contributed by atoms with Crippen molar-refractivity contribution in [3.63, 3.8) is 0 Å². The van der Waals surface area contributed by atoms with E-state index in [1.807, 2.05) is 13.8 Å². The van der Waals surface area contributed by atoms with Gasteiger partial charge in [-0.1, -0.05) is 0 Å². The summed E-state index contributed by atoms with van der Waals surface area (Å²) in [6, 6.07) is 1.59. The van der Waals surface area contributed by atoms with Crippen LogP contribution in [0, 0.1) is 13.8 Å². The number of oxazole rings is 1. The Hall–Kier alpha value is -1.56. The van der Waals surface area contributed by atoms with Crippen LogP contribution in [0.5, 0.6) is 0 Å². The van der Waals surface area contributed by atoms with E-state index in [1.54, 1.807) is 6.07 Å². The number of rotatable bonds is 3. The van der Waals surface area contributed by atoms with E-state index in [0.29, 0.717) is 16.1 Å². The quantitative estimate of drug-likeness (QED) is 0.945. The summed E-state index contributed by atoms with van der Waals surface area (Å²) in [5.74, 6) is 1.02. The molecule has 0 saturated heterocycles. The molecule has 2 rings (SSSR count). The minimum absolute atomic E-state index is 0.237. The lowest BCUT2D eigenvalue weighted by molar-refractivity contribution is 0.0945. The van der Waals surface area contributed by atoms with Gasteiger partial charge in [-0.3, -0.25) is 4.79 Å². The fourth-order valence-corrected chi connectivity index (χ4v) is 1.74. The average Bonchev–Trinajstić information content (AvgIpc) is 2.83. The van der Waals surface area contributed by atoms with Crippen LogP contribution in [0.2, 0.25) is 0 Å². The summed E-state index contributed by atoms with van der Waals surface area (Å²) in [6.45, 7) is 3.95. The highest BCUT2D eigenvalue weighted by Gasteiger charge is 2.13. The maximum absolute atomic E-state index is 11.7. The number of aromatic nitrogens is 1. The van der Waals surface area contributed by atoms with Gasteiger partial charge in [0.25, 0.3) is 5.91 Å². The number of hydrogen-bond acceptors (Lipinski definition) is 4. The van der Waals surface area contributed by atoms with Gasteiger partial charge in [0, 0.05) is 0 Å². The van der Waals surface area contributed by atoms with Crippen LogP contribution in [0.15, 0.2) is 25.8 Å². The normalized spacial score (nSPS) is 10.5. The second-order valence-electron chi connectivity index (χ2n) is 3.54. The van der Waals surface area contributed by atoms with Gasteiger partial charge < -0.3 is 14.2 Å². The molecule has 1 amide bonds. The van der Waals surface area contributed by atoms with Crippen molar-refractivity contribution in [3.05, 3.63) is 39.9 Å². The third-order valence-corrected chi connectivity index (χ3v) is 2.95. The molecule has 6 heteroatoms. The summed E-state index contributed by atoms with van der Waals surface area (Å²) in [5, 5.41) is 2.70. The van der Waals surface area contributed by atoms with Crippen LogP contribution < -0.4 is 5.32 Å². The first-order valence-electron chi connectivity index (χ1n) is 5.02. The van der Waals surface area contributed by atoms with Crippen molar-refractivity contribution < 1.29 is 13.6 Å². The lowest BCUT2D eigenvalue weighted by Crippen LogP contribution is -2.22. The molecular formula is C11H11BrN2O3. The molecular weight excluding hydrogens is 288 g/mol. The number of aryl methyl sites for hydroxylation is 2. The van der Waals surface area contributed by atoms with E-state index in [2.05, 4.69) is 26.2 Å². The molecule has 2 aromatic heterocycles. The van der Waals surface area contributed by atoms with Crippen molar-refractivity contribution >= 4 is 21.8 Å². The standard InChI is InChI=1S/C11H11BrN2O3/c1-6-7(2)17-9(14-6)5-13-11(15)8-3-4-16-10(8)12/h3-4H,5H2,1-2H3,(H,13,15). The predicted molar refractivity (Wildman–Crippen MR) is 63.6 cm³/mol. The van der Waals surface area contributed by atoms with Gasteiger partial charge >= 0.3 is 0 Å². The third-order valence-electron chi connectivity index (χ3n) is 2.34. The lowest BCUT2D eigenvalue weighted by atomic mass is 10.3. The molecule has 5 nitrogen and oxygen atoms in total. The van der Waals surface area contributed by atoms with Crippen molar-refractivity contribution in [2.24, 2.45) is 0 Å². The van der Waals surface area contributed by atoms with E-state index in [9.17, 15) is 4.79 Å². The van der Waals surface area contributed by atoms with Crippen molar-refractivity contribution in [1.29, 1.82) is 0 Å². The largest absolute Gasteiger partial charge is 0.457 e. The monoisotopic (exact) mass is 298 g/mol. The van der Waals surface area contributed by atoms with Crippen LogP contribution in [0.25, 0.3) is 0 Å². The van der Waals surface area contributed by atoms with E-state index < -0.39 is 0 Å². The summed E-state index contributed by atoms with van der Waals surface area (Å²) < 4.78 is 10.7. The minimum atomic E-state index is -0.237. The summed E-state index contributed by atoms with van der Waals surface area (Å²) >= 11 is 3.14. The van der Waals surface area contributed by atoms with Gasteiger partial charge in [-0.2, -0.15) is 0 Å². The summed E-state index contributed by atoms with van der Waals surface area (Å²) in [6.07, 6.45) is 1.44.